The monoisotopic (exact) mass is 482 g/mol. The summed E-state index contributed by atoms with van der Waals surface area (Å²) >= 11 is 0. The minimum absolute atomic E-state index is 0.0383. The number of amides is 2. The molecule has 0 bridgehead atoms. The molecule has 4 aromatic rings. The van der Waals surface area contributed by atoms with Crippen LogP contribution in [0.2, 0.25) is 0 Å². The first-order valence-corrected chi connectivity index (χ1v) is 12.4. The average Bonchev–Trinajstić information content (AvgIpc) is 3.27. The highest BCUT2D eigenvalue weighted by molar-refractivity contribution is 6.01. The Morgan fingerprint density at radius 3 is 2.31 bits per heavy atom. The van der Waals surface area contributed by atoms with Crippen LogP contribution in [0.25, 0.3) is 16.5 Å². The minimum atomic E-state index is -0.258. The van der Waals surface area contributed by atoms with E-state index in [-0.39, 0.29) is 23.8 Å². The van der Waals surface area contributed by atoms with Gasteiger partial charge in [0.2, 0.25) is 5.91 Å². The van der Waals surface area contributed by atoms with E-state index in [1.165, 1.54) is 0 Å². The second-order valence-corrected chi connectivity index (χ2v) is 10.2. The zero-order chi connectivity index (χ0) is 25.9. The van der Waals surface area contributed by atoms with E-state index in [4.69, 9.17) is 5.10 Å². The van der Waals surface area contributed by atoms with Gasteiger partial charge in [0.05, 0.1) is 11.4 Å². The molecule has 3 aromatic carbocycles. The van der Waals surface area contributed by atoms with Crippen molar-refractivity contribution in [2.75, 3.05) is 18.4 Å². The first-order chi connectivity index (χ1) is 17.2. The molecule has 6 nitrogen and oxygen atoms in total. The van der Waals surface area contributed by atoms with Crippen molar-refractivity contribution in [3.63, 3.8) is 0 Å². The van der Waals surface area contributed by atoms with Gasteiger partial charge in [0, 0.05) is 23.6 Å². The van der Waals surface area contributed by atoms with Gasteiger partial charge in [0.15, 0.2) is 0 Å². The van der Waals surface area contributed by atoms with Gasteiger partial charge in [-0.25, -0.2) is 4.68 Å². The molecule has 0 spiro atoms. The van der Waals surface area contributed by atoms with Crippen molar-refractivity contribution in [2.45, 2.75) is 46.5 Å². The summed E-state index contributed by atoms with van der Waals surface area (Å²) in [4.78, 5) is 28.2. The molecule has 2 amide bonds. The molecule has 0 saturated carbocycles. The van der Waals surface area contributed by atoms with Gasteiger partial charge in [0.1, 0.15) is 12.4 Å². The predicted octanol–water partition coefficient (Wildman–Crippen LogP) is 6.12. The van der Waals surface area contributed by atoms with Crippen LogP contribution in [-0.2, 0) is 10.2 Å². The highest BCUT2D eigenvalue weighted by atomic mass is 16.2. The largest absolute Gasteiger partial charge is 0.329 e. The SMILES string of the molecule is CCCN(CC(=O)Nc1cc(C(C)(C)C)nn1-c1ccc(C)cc1)C(=O)c1ccc2ccccc2c1. The molecule has 1 heterocycles. The molecule has 0 radical (unpaired) electrons. The van der Waals surface area contributed by atoms with Gasteiger partial charge < -0.3 is 10.2 Å². The number of rotatable bonds is 7. The lowest BCUT2D eigenvalue weighted by molar-refractivity contribution is -0.116. The Balaban J connectivity index is 1.57. The fraction of sp³-hybridized carbons (Fsp3) is 0.300. The van der Waals surface area contributed by atoms with Crippen molar-refractivity contribution in [3.8, 4) is 5.69 Å². The van der Waals surface area contributed by atoms with Crippen LogP contribution in [0.1, 0.15) is 55.7 Å². The number of hydrogen-bond acceptors (Lipinski definition) is 3. The van der Waals surface area contributed by atoms with Crippen LogP contribution in [0.3, 0.4) is 0 Å². The third-order valence-electron chi connectivity index (χ3n) is 6.14. The first-order valence-electron chi connectivity index (χ1n) is 12.4. The topological polar surface area (TPSA) is 67.2 Å². The van der Waals surface area contributed by atoms with Gasteiger partial charge in [0.25, 0.3) is 5.91 Å². The van der Waals surface area contributed by atoms with Crippen LogP contribution >= 0.6 is 0 Å². The third kappa shape index (κ3) is 5.65. The Labute approximate surface area is 212 Å². The van der Waals surface area contributed by atoms with Crippen LogP contribution in [0.15, 0.2) is 72.8 Å². The van der Waals surface area contributed by atoms with E-state index in [0.29, 0.717) is 17.9 Å². The fourth-order valence-corrected chi connectivity index (χ4v) is 4.10. The summed E-state index contributed by atoms with van der Waals surface area (Å²) in [6.07, 6.45) is 0.752. The second-order valence-electron chi connectivity index (χ2n) is 10.2. The molecule has 0 saturated heterocycles. The quantitative estimate of drug-likeness (QED) is 0.345. The van der Waals surface area contributed by atoms with Crippen LogP contribution < -0.4 is 5.32 Å². The molecule has 1 aromatic heterocycles. The molecule has 0 fully saturated rings. The zero-order valence-electron chi connectivity index (χ0n) is 21.7. The van der Waals surface area contributed by atoms with Crippen molar-refractivity contribution in [3.05, 3.63) is 89.6 Å². The highest BCUT2D eigenvalue weighted by Gasteiger charge is 2.23. The lowest BCUT2D eigenvalue weighted by Crippen LogP contribution is -2.38. The summed E-state index contributed by atoms with van der Waals surface area (Å²) in [6.45, 7) is 10.8. The molecule has 0 atom stereocenters. The zero-order valence-corrected chi connectivity index (χ0v) is 21.7. The molecule has 6 heteroatoms. The first kappa shape index (κ1) is 25.2. The van der Waals surface area contributed by atoms with E-state index in [2.05, 4.69) is 26.1 Å². The number of benzene rings is 3. The van der Waals surface area contributed by atoms with E-state index < -0.39 is 0 Å². The number of anilines is 1. The second kappa shape index (κ2) is 10.4. The number of aryl methyl sites for hydroxylation is 1. The summed E-state index contributed by atoms with van der Waals surface area (Å²) in [6, 6.07) is 23.5. The molecule has 0 aliphatic rings. The molecule has 36 heavy (non-hydrogen) atoms. The van der Waals surface area contributed by atoms with E-state index in [1.54, 1.807) is 9.58 Å². The van der Waals surface area contributed by atoms with Crippen molar-refractivity contribution in [1.82, 2.24) is 14.7 Å². The summed E-state index contributed by atoms with van der Waals surface area (Å²) in [7, 11) is 0. The summed E-state index contributed by atoms with van der Waals surface area (Å²) < 4.78 is 1.76. The smallest absolute Gasteiger partial charge is 0.254 e. The molecule has 0 unspecified atom stereocenters. The number of hydrogen-bond donors (Lipinski definition) is 1. The summed E-state index contributed by atoms with van der Waals surface area (Å²) in [5.74, 6) is 0.176. The summed E-state index contributed by atoms with van der Waals surface area (Å²) in [5.41, 5.74) is 3.28. The van der Waals surface area contributed by atoms with Crippen molar-refractivity contribution >= 4 is 28.4 Å². The lowest BCUT2D eigenvalue weighted by atomic mass is 9.92. The van der Waals surface area contributed by atoms with Crippen molar-refractivity contribution in [2.24, 2.45) is 0 Å². The molecular formula is C30H34N4O2. The molecule has 0 aliphatic heterocycles. The normalized spacial score (nSPS) is 11.5. The standard InChI is InChI=1S/C30H34N4O2/c1-6-17-33(29(36)24-14-13-22-9-7-8-10-23(22)18-24)20-28(35)31-27-19-26(30(3,4)5)32-34(27)25-15-11-21(2)12-16-25/h7-16,18-19H,6,17,20H2,1-5H3,(H,31,35). The number of nitrogens with one attached hydrogen (secondary N) is 1. The molecule has 1 N–H and O–H groups in total. The number of aromatic nitrogens is 2. The maximum atomic E-state index is 13.4. The van der Waals surface area contributed by atoms with Gasteiger partial charge in [-0.3, -0.25) is 9.59 Å². The maximum Gasteiger partial charge on any atom is 0.254 e. The number of nitrogens with zero attached hydrogens (tertiary/aromatic N) is 3. The molecule has 0 aliphatic carbocycles. The Morgan fingerprint density at radius 2 is 1.64 bits per heavy atom. The number of fused-ring (bicyclic) bond motifs is 1. The van der Waals surface area contributed by atoms with Crippen LogP contribution in [0.4, 0.5) is 5.82 Å². The van der Waals surface area contributed by atoms with Gasteiger partial charge in [-0.1, -0.05) is 75.7 Å². The number of carbonyl (C=O) groups is 2. The maximum absolute atomic E-state index is 13.4. The van der Waals surface area contributed by atoms with E-state index in [1.807, 2.05) is 86.6 Å². The van der Waals surface area contributed by atoms with Gasteiger partial charge >= 0.3 is 0 Å². The minimum Gasteiger partial charge on any atom is -0.329 e. The average molecular weight is 483 g/mol. The van der Waals surface area contributed by atoms with E-state index >= 15 is 0 Å². The third-order valence-corrected chi connectivity index (χ3v) is 6.14. The lowest BCUT2D eigenvalue weighted by Gasteiger charge is -2.22. The Morgan fingerprint density at radius 1 is 0.944 bits per heavy atom. The fourth-order valence-electron chi connectivity index (χ4n) is 4.10. The van der Waals surface area contributed by atoms with Gasteiger partial charge in [-0.15, -0.1) is 0 Å². The van der Waals surface area contributed by atoms with Crippen LogP contribution in [0.5, 0.6) is 0 Å². The highest BCUT2D eigenvalue weighted by Crippen LogP contribution is 2.26. The molecular weight excluding hydrogens is 448 g/mol. The Kier molecular flexibility index (Phi) is 7.25. The Hall–Kier alpha value is -3.93. The van der Waals surface area contributed by atoms with Crippen LogP contribution in [0, 0.1) is 6.92 Å². The van der Waals surface area contributed by atoms with Crippen molar-refractivity contribution in [1.29, 1.82) is 0 Å². The number of carbonyl (C=O) groups excluding carboxylic acids is 2. The van der Waals surface area contributed by atoms with Crippen molar-refractivity contribution < 1.29 is 9.59 Å². The molecule has 4 rings (SSSR count). The summed E-state index contributed by atoms with van der Waals surface area (Å²) in [5, 5.41) is 9.87. The van der Waals surface area contributed by atoms with E-state index in [0.717, 1.165) is 34.1 Å². The van der Waals surface area contributed by atoms with Gasteiger partial charge in [-0.2, -0.15) is 5.10 Å². The molecule has 186 valence electrons. The van der Waals surface area contributed by atoms with Crippen LogP contribution in [-0.4, -0.2) is 39.6 Å². The van der Waals surface area contributed by atoms with E-state index in [9.17, 15) is 9.59 Å². The predicted molar refractivity (Wildman–Crippen MR) is 146 cm³/mol. The Bertz CT molecular complexity index is 1380. The van der Waals surface area contributed by atoms with Gasteiger partial charge in [-0.05, 0) is 48.4 Å².